The number of benzene rings is 1. The largest absolute Gasteiger partial charge is 0.416 e. The summed E-state index contributed by atoms with van der Waals surface area (Å²) >= 11 is 1.28. The Kier molecular flexibility index (Phi) is 6.43. The van der Waals surface area contributed by atoms with Gasteiger partial charge in [0.2, 0.25) is 5.95 Å². The van der Waals surface area contributed by atoms with Crippen LogP contribution in [0.15, 0.2) is 47.7 Å². The lowest BCUT2D eigenvalue weighted by atomic mass is 10.2. The number of nitrogens with zero attached hydrogens (tertiary/aromatic N) is 5. The minimum atomic E-state index is -4.39. The molecule has 0 aliphatic rings. The normalized spacial score (nSPS) is 13.1. The molecule has 1 unspecified atom stereocenters. The fraction of sp³-hybridized carbons (Fsp3) is 0.227. The second-order valence-corrected chi connectivity index (χ2v) is 8.81. The Labute approximate surface area is 201 Å². The number of nitrogens with two attached hydrogens (primary N) is 1. The number of carbonyl (C=O) groups excluding carboxylic acids is 1. The number of rotatable bonds is 6. The molecule has 0 fully saturated rings. The van der Waals surface area contributed by atoms with E-state index < -0.39 is 11.7 Å². The van der Waals surface area contributed by atoms with Gasteiger partial charge in [0.15, 0.2) is 5.13 Å². The summed E-state index contributed by atoms with van der Waals surface area (Å²) in [6.45, 7) is 3.45. The first-order valence-corrected chi connectivity index (χ1v) is 11.2. The number of amidine groups is 1. The van der Waals surface area contributed by atoms with Crippen LogP contribution in [0.4, 0.5) is 29.9 Å². The molecule has 3 aromatic heterocycles. The predicted molar refractivity (Wildman–Crippen MR) is 128 cm³/mol. The van der Waals surface area contributed by atoms with E-state index in [1.165, 1.54) is 29.7 Å². The minimum Gasteiger partial charge on any atom is -0.387 e. The average molecular weight is 503 g/mol. The van der Waals surface area contributed by atoms with Gasteiger partial charge in [-0.15, -0.1) is 0 Å². The summed E-state index contributed by atoms with van der Waals surface area (Å²) in [6.07, 6.45) is -1.30. The van der Waals surface area contributed by atoms with Gasteiger partial charge < -0.3 is 20.9 Å². The number of hydrogen-bond acceptors (Lipinski definition) is 7. The van der Waals surface area contributed by atoms with E-state index in [-0.39, 0.29) is 17.6 Å². The molecular weight excluding hydrogens is 481 g/mol. The Morgan fingerprint density at radius 2 is 1.91 bits per heavy atom. The molecule has 13 heteroatoms. The van der Waals surface area contributed by atoms with Crippen LogP contribution < -0.4 is 16.4 Å². The van der Waals surface area contributed by atoms with Crippen LogP contribution in [-0.4, -0.2) is 31.3 Å². The summed E-state index contributed by atoms with van der Waals surface area (Å²) in [5.74, 6) is 0.386. The van der Waals surface area contributed by atoms with E-state index in [2.05, 4.69) is 30.6 Å². The zero-order chi connectivity index (χ0) is 25.3. The van der Waals surface area contributed by atoms with Gasteiger partial charge in [0.25, 0.3) is 5.91 Å². The fourth-order valence-electron chi connectivity index (χ4n) is 3.22. The Bertz CT molecular complexity index is 1400. The summed E-state index contributed by atoms with van der Waals surface area (Å²) in [5, 5.41) is 6.33. The lowest BCUT2D eigenvalue weighted by molar-refractivity contribution is -0.137. The summed E-state index contributed by atoms with van der Waals surface area (Å²) in [5.41, 5.74) is 6.85. The van der Waals surface area contributed by atoms with Crippen molar-refractivity contribution in [1.29, 1.82) is 0 Å². The highest BCUT2D eigenvalue weighted by Crippen LogP contribution is 2.31. The third-order valence-electron chi connectivity index (χ3n) is 5.01. The quantitative estimate of drug-likeness (QED) is 0.260. The van der Waals surface area contributed by atoms with Crippen LogP contribution in [0.1, 0.15) is 40.8 Å². The molecule has 4 aromatic rings. The maximum Gasteiger partial charge on any atom is 0.416 e. The molecule has 0 radical (unpaired) electrons. The second-order valence-electron chi connectivity index (χ2n) is 7.75. The Morgan fingerprint density at radius 1 is 1.20 bits per heavy atom. The van der Waals surface area contributed by atoms with Crippen LogP contribution >= 0.6 is 11.3 Å². The van der Waals surface area contributed by atoms with Gasteiger partial charge in [-0.25, -0.2) is 19.9 Å². The summed E-state index contributed by atoms with van der Waals surface area (Å²) in [7, 11) is 1.77. The van der Waals surface area contributed by atoms with E-state index in [0.717, 1.165) is 17.0 Å². The van der Waals surface area contributed by atoms with Gasteiger partial charge >= 0.3 is 6.18 Å². The number of carbonyl (C=O) groups is 1. The number of thiazole rings is 1. The molecular formula is C22H21F3N8OS. The van der Waals surface area contributed by atoms with Crippen molar-refractivity contribution in [3.05, 3.63) is 58.9 Å². The first-order valence-electron chi connectivity index (χ1n) is 10.4. The van der Waals surface area contributed by atoms with Crippen LogP contribution in [-0.2, 0) is 13.2 Å². The van der Waals surface area contributed by atoms with E-state index >= 15 is 0 Å². The van der Waals surface area contributed by atoms with E-state index in [1.807, 2.05) is 0 Å². The first-order chi connectivity index (χ1) is 16.5. The minimum absolute atomic E-state index is 0.208. The standard InChI is InChI=1S/C22H21F3N8OS/c1-11(18-10-28-21(35-18)31-14-6-4-13(5-7-14)22(23,24)25)29-19(34)15-8-17-16(9-27-15)32-20(33(17)3)30-12(2)26/h4-11H,1-3H3,(H,28,31)(H,29,34)(H2,26,30,32). The van der Waals surface area contributed by atoms with E-state index in [4.69, 9.17) is 5.73 Å². The third kappa shape index (κ3) is 5.40. The van der Waals surface area contributed by atoms with Crippen molar-refractivity contribution in [3.63, 3.8) is 0 Å². The molecule has 1 amide bonds. The molecule has 182 valence electrons. The number of amides is 1. The molecule has 1 aromatic carbocycles. The maximum atomic E-state index is 12.8. The number of aryl methyl sites for hydroxylation is 1. The van der Waals surface area contributed by atoms with E-state index in [1.54, 1.807) is 37.7 Å². The van der Waals surface area contributed by atoms with Crippen molar-refractivity contribution in [2.75, 3.05) is 5.32 Å². The van der Waals surface area contributed by atoms with Crippen molar-refractivity contribution in [2.45, 2.75) is 26.1 Å². The van der Waals surface area contributed by atoms with E-state index in [9.17, 15) is 18.0 Å². The monoisotopic (exact) mass is 502 g/mol. The molecule has 0 aliphatic heterocycles. The zero-order valence-corrected chi connectivity index (χ0v) is 19.7. The number of alkyl halides is 3. The van der Waals surface area contributed by atoms with E-state index in [0.29, 0.717) is 33.6 Å². The smallest absolute Gasteiger partial charge is 0.387 e. The van der Waals surface area contributed by atoms with Crippen LogP contribution in [0.5, 0.6) is 0 Å². The highest BCUT2D eigenvalue weighted by atomic mass is 32.1. The molecule has 0 spiro atoms. The number of anilines is 2. The molecule has 0 saturated heterocycles. The van der Waals surface area contributed by atoms with Crippen molar-refractivity contribution in [3.8, 4) is 0 Å². The van der Waals surface area contributed by atoms with Crippen molar-refractivity contribution < 1.29 is 18.0 Å². The highest BCUT2D eigenvalue weighted by Gasteiger charge is 2.30. The molecule has 4 N–H and O–H groups in total. The summed E-state index contributed by atoms with van der Waals surface area (Å²) in [6, 6.07) is 5.91. The Balaban J connectivity index is 1.44. The van der Waals surface area contributed by atoms with Crippen LogP contribution in [0.25, 0.3) is 11.0 Å². The van der Waals surface area contributed by atoms with Crippen molar-refractivity contribution in [1.82, 2.24) is 24.8 Å². The maximum absolute atomic E-state index is 12.8. The summed E-state index contributed by atoms with van der Waals surface area (Å²) in [4.78, 5) is 30.5. The molecule has 1 atom stereocenters. The number of aromatic nitrogens is 4. The summed E-state index contributed by atoms with van der Waals surface area (Å²) < 4.78 is 39.9. The van der Waals surface area contributed by atoms with Gasteiger partial charge in [-0.05, 0) is 44.2 Å². The first kappa shape index (κ1) is 24.1. The Morgan fingerprint density at radius 3 is 2.57 bits per heavy atom. The number of fused-ring (bicyclic) bond motifs is 1. The molecule has 0 saturated carbocycles. The zero-order valence-electron chi connectivity index (χ0n) is 18.9. The van der Waals surface area contributed by atoms with Crippen LogP contribution in [0, 0.1) is 0 Å². The molecule has 3 heterocycles. The molecule has 0 aliphatic carbocycles. The van der Waals surface area contributed by atoms with Gasteiger partial charge in [0.05, 0.1) is 29.2 Å². The number of hydrogen-bond donors (Lipinski definition) is 3. The van der Waals surface area contributed by atoms with Gasteiger partial charge in [-0.3, -0.25) is 4.79 Å². The van der Waals surface area contributed by atoms with Gasteiger partial charge in [-0.2, -0.15) is 13.2 Å². The van der Waals surface area contributed by atoms with Crippen LogP contribution in [0.2, 0.25) is 0 Å². The lowest BCUT2D eigenvalue weighted by Crippen LogP contribution is -2.26. The Hall–Kier alpha value is -4.00. The van der Waals surface area contributed by atoms with Gasteiger partial charge in [0, 0.05) is 23.8 Å². The molecule has 35 heavy (non-hydrogen) atoms. The fourth-order valence-corrected chi connectivity index (χ4v) is 4.06. The number of pyridine rings is 1. The van der Waals surface area contributed by atoms with Gasteiger partial charge in [-0.1, -0.05) is 11.3 Å². The number of aliphatic imine (C=N–C) groups is 1. The molecule has 9 nitrogen and oxygen atoms in total. The number of imidazole rings is 1. The second kappa shape index (κ2) is 9.33. The van der Waals surface area contributed by atoms with Crippen LogP contribution in [0.3, 0.4) is 0 Å². The topological polar surface area (TPSA) is 123 Å². The molecule has 0 bridgehead atoms. The van der Waals surface area contributed by atoms with Crippen molar-refractivity contribution in [2.24, 2.45) is 17.8 Å². The molecule has 4 rings (SSSR count). The van der Waals surface area contributed by atoms with Crippen molar-refractivity contribution >= 4 is 50.9 Å². The number of nitrogens with one attached hydrogen (secondary N) is 2. The highest BCUT2D eigenvalue weighted by molar-refractivity contribution is 7.15. The number of halogens is 3. The average Bonchev–Trinajstić information content (AvgIpc) is 3.37. The van der Waals surface area contributed by atoms with Gasteiger partial charge in [0.1, 0.15) is 11.2 Å². The lowest BCUT2D eigenvalue weighted by Gasteiger charge is -2.11. The SMILES string of the molecule is C/C(N)=N\c1nc2cnc(C(=O)NC(C)c3cnc(Nc4ccc(C(F)(F)F)cc4)s3)cc2n1C. The third-order valence-corrected chi connectivity index (χ3v) is 6.11. The predicted octanol–water partition coefficient (Wildman–Crippen LogP) is 4.69.